The average Bonchev–Trinajstić information content (AvgIpc) is 2.61. The van der Waals surface area contributed by atoms with E-state index in [2.05, 4.69) is 17.1 Å². The van der Waals surface area contributed by atoms with Gasteiger partial charge in [-0.1, -0.05) is 19.1 Å². The number of nitrogens with zero attached hydrogens (tertiary/aromatic N) is 1. The highest BCUT2D eigenvalue weighted by Crippen LogP contribution is 2.39. The van der Waals surface area contributed by atoms with Gasteiger partial charge in [0, 0.05) is 11.4 Å². The molecule has 0 radical (unpaired) electrons. The number of carbonyl (C=O) groups excluding carboxylic acids is 1. The van der Waals surface area contributed by atoms with Crippen molar-refractivity contribution >= 4 is 23.0 Å². The summed E-state index contributed by atoms with van der Waals surface area (Å²) in [5.41, 5.74) is 9.13. The number of ether oxygens (including phenoxy) is 1. The molecule has 26 heavy (non-hydrogen) atoms. The Bertz CT molecular complexity index is 799. The predicted molar refractivity (Wildman–Crippen MR) is 107 cm³/mol. The normalized spacial score (nSPS) is 16.4. The molecule has 0 saturated heterocycles. The Kier molecular flexibility index (Phi) is 4.81. The molecule has 5 nitrogen and oxygen atoms in total. The molecule has 0 fully saturated rings. The molecule has 138 valence electrons. The van der Waals surface area contributed by atoms with Crippen molar-refractivity contribution in [3.63, 3.8) is 0 Å². The summed E-state index contributed by atoms with van der Waals surface area (Å²) >= 11 is 0. The monoisotopic (exact) mass is 353 g/mol. The van der Waals surface area contributed by atoms with Gasteiger partial charge in [0.15, 0.2) is 0 Å². The summed E-state index contributed by atoms with van der Waals surface area (Å²) < 4.78 is 6.05. The average molecular weight is 353 g/mol. The summed E-state index contributed by atoms with van der Waals surface area (Å²) in [7, 11) is 0. The van der Waals surface area contributed by atoms with Crippen LogP contribution in [0, 0.1) is 0 Å². The van der Waals surface area contributed by atoms with Crippen molar-refractivity contribution < 1.29 is 9.53 Å². The van der Waals surface area contributed by atoms with Crippen molar-refractivity contribution in [2.75, 3.05) is 22.5 Å². The molecule has 0 aromatic heterocycles. The zero-order chi connectivity index (χ0) is 18.9. The summed E-state index contributed by atoms with van der Waals surface area (Å²) in [6.45, 7) is 8.66. The van der Waals surface area contributed by atoms with Gasteiger partial charge in [0.1, 0.15) is 17.4 Å². The molecule has 1 atom stereocenters. The second-order valence-corrected chi connectivity index (χ2v) is 7.43. The Balaban J connectivity index is 1.82. The fourth-order valence-corrected chi connectivity index (χ4v) is 3.23. The lowest BCUT2D eigenvalue weighted by atomic mass is 10.0. The second kappa shape index (κ2) is 6.90. The number of amides is 1. The third kappa shape index (κ3) is 3.77. The van der Waals surface area contributed by atoms with E-state index in [1.165, 1.54) is 5.56 Å². The molecule has 1 aliphatic rings. The van der Waals surface area contributed by atoms with Gasteiger partial charge >= 0.3 is 0 Å². The van der Waals surface area contributed by atoms with Crippen LogP contribution in [0.1, 0.15) is 33.3 Å². The number of hydrogen-bond donors (Lipinski definition) is 2. The summed E-state index contributed by atoms with van der Waals surface area (Å²) in [5, 5.41) is 3.01. The molecule has 1 aliphatic heterocycles. The molecule has 2 aromatic rings. The molecular formula is C21H27N3O2. The quantitative estimate of drug-likeness (QED) is 0.820. The minimum absolute atomic E-state index is 0.0553. The van der Waals surface area contributed by atoms with Gasteiger partial charge in [-0.3, -0.25) is 4.79 Å². The maximum absolute atomic E-state index is 12.8. The van der Waals surface area contributed by atoms with E-state index < -0.39 is 0 Å². The molecule has 0 aliphatic carbocycles. The molecule has 3 N–H and O–H groups in total. The van der Waals surface area contributed by atoms with Gasteiger partial charge < -0.3 is 20.7 Å². The highest BCUT2D eigenvalue weighted by atomic mass is 16.5. The number of nitrogens with two attached hydrogens (primary N) is 1. The molecule has 1 unspecified atom stereocenters. The van der Waals surface area contributed by atoms with Gasteiger partial charge in [0.25, 0.3) is 0 Å². The number of carbonyl (C=O) groups is 1. The molecular weight excluding hydrogens is 326 g/mol. The molecule has 0 bridgehead atoms. The third-order valence-electron chi connectivity index (χ3n) is 4.71. The maximum atomic E-state index is 12.8. The van der Waals surface area contributed by atoms with E-state index >= 15 is 0 Å². The van der Waals surface area contributed by atoms with Crippen molar-refractivity contribution in [1.29, 1.82) is 0 Å². The van der Waals surface area contributed by atoms with Crippen LogP contribution in [0.25, 0.3) is 0 Å². The first kappa shape index (κ1) is 18.1. The maximum Gasteiger partial charge on any atom is 0.246 e. The van der Waals surface area contributed by atoms with Gasteiger partial charge in [-0.2, -0.15) is 0 Å². The second-order valence-electron chi connectivity index (χ2n) is 7.43. The highest BCUT2D eigenvalue weighted by Gasteiger charge is 2.36. The molecule has 1 heterocycles. The number of aryl methyl sites for hydroxylation is 1. The van der Waals surface area contributed by atoms with Crippen molar-refractivity contribution in [2.45, 2.75) is 45.8 Å². The topological polar surface area (TPSA) is 67.6 Å². The van der Waals surface area contributed by atoms with Crippen LogP contribution in [0.5, 0.6) is 5.75 Å². The largest absolute Gasteiger partial charge is 0.484 e. The van der Waals surface area contributed by atoms with E-state index in [1.54, 1.807) is 0 Å². The molecule has 1 amide bonds. The van der Waals surface area contributed by atoms with Gasteiger partial charge in [-0.25, -0.2) is 0 Å². The summed E-state index contributed by atoms with van der Waals surface area (Å²) in [5.74, 6) is 0.697. The fourth-order valence-electron chi connectivity index (χ4n) is 3.23. The Morgan fingerprint density at radius 2 is 1.96 bits per heavy atom. The number of rotatable bonds is 4. The van der Waals surface area contributed by atoms with Crippen molar-refractivity contribution in [2.24, 2.45) is 0 Å². The van der Waals surface area contributed by atoms with Crippen LogP contribution in [0.15, 0.2) is 42.5 Å². The Morgan fingerprint density at radius 1 is 1.27 bits per heavy atom. The minimum atomic E-state index is -0.388. The lowest BCUT2D eigenvalue weighted by Crippen LogP contribution is -2.53. The molecule has 0 saturated carbocycles. The van der Waals surface area contributed by atoms with Crippen LogP contribution < -0.4 is 20.7 Å². The summed E-state index contributed by atoms with van der Waals surface area (Å²) in [6.07, 6.45) is 0.978. The van der Waals surface area contributed by atoms with E-state index in [4.69, 9.17) is 10.5 Å². The standard InChI is InChI=1S/C21H27N3O2/c1-5-15-6-9-17(10-7-15)23-20(25)14(2)24-13-21(3,4)26-19-11-8-16(22)12-18(19)24/h6-12,14H,5,13,22H2,1-4H3,(H,23,25). The van der Waals surface area contributed by atoms with E-state index in [-0.39, 0.29) is 17.6 Å². The van der Waals surface area contributed by atoms with Crippen LogP contribution in [-0.2, 0) is 11.2 Å². The number of nitrogen functional groups attached to an aromatic ring is 1. The van der Waals surface area contributed by atoms with Crippen LogP contribution in [0.3, 0.4) is 0 Å². The van der Waals surface area contributed by atoms with Crippen LogP contribution >= 0.6 is 0 Å². The van der Waals surface area contributed by atoms with E-state index in [0.29, 0.717) is 12.2 Å². The van der Waals surface area contributed by atoms with E-state index in [1.807, 2.05) is 63.2 Å². The van der Waals surface area contributed by atoms with Crippen molar-refractivity contribution in [3.8, 4) is 5.75 Å². The van der Waals surface area contributed by atoms with E-state index in [9.17, 15) is 4.79 Å². The van der Waals surface area contributed by atoms with Crippen LogP contribution in [0.2, 0.25) is 0 Å². The van der Waals surface area contributed by atoms with Crippen molar-refractivity contribution in [3.05, 3.63) is 48.0 Å². The van der Waals surface area contributed by atoms with Gasteiger partial charge in [0.05, 0.1) is 12.2 Å². The minimum Gasteiger partial charge on any atom is -0.484 e. The molecule has 0 spiro atoms. The molecule has 5 heteroatoms. The van der Waals surface area contributed by atoms with E-state index in [0.717, 1.165) is 23.5 Å². The fraction of sp³-hybridized carbons (Fsp3) is 0.381. The number of benzene rings is 2. The van der Waals surface area contributed by atoms with Gasteiger partial charge in [-0.05, 0) is 63.1 Å². The van der Waals surface area contributed by atoms with Crippen molar-refractivity contribution in [1.82, 2.24) is 0 Å². The van der Waals surface area contributed by atoms with Gasteiger partial charge in [-0.15, -0.1) is 0 Å². The van der Waals surface area contributed by atoms with Gasteiger partial charge in [0.2, 0.25) is 5.91 Å². The summed E-state index contributed by atoms with van der Waals surface area (Å²) in [6, 6.07) is 13.2. The lowest BCUT2D eigenvalue weighted by Gasteiger charge is -2.43. The zero-order valence-electron chi connectivity index (χ0n) is 15.9. The summed E-state index contributed by atoms with van der Waals surface area (Å²) in [4.78, 5) is 14.9. The Hall–Kier alpha value is -2.69. The SMILES string of the molecule is CCc1ccc(NC(=O)C(C)N2CC(C)(C)Oc3ccc(N)cc32)cc1. The van der Waals surface area contributed by atoms with Crippen LogP contribution in [-0.4, -0.2) is 24.1 Å². The Labute approximate surface area is 155 Å². The number of nitrogens with one attached hydrogen (secondary N) is 1. The smallest absolute Gasteiger partial charge is 0.246 e. The first-order valence-corrected chi connectivity index (χ1v) is 9.04. The lowest BCUT2D eigenvalue weighted by molar-refractivity contribution is -0.117. The first-order valence-electron chi connectivity index (χ1n) is 9.04. The zero-order valence-corrected chi connectivity index (χ0v) is 15.9. The van der Waals surface area contributed by atoms with Crippen LogP contribution in [0.4, 0.5) is 17.1 Å². The molecule has 3 rings (SSSR count). The number of hydrogen-bond acceptors (Lipinski definition) is 4. The molecule has 2 aromatic carbocycles. The number of fused-ring (bicyclic) bond motifs is 1. The number of anilines is 3. The predicted octanol–water partition coefficient (Wildman–Crippen LogP) is 3.84. The Morgan fingerprint density at radius 3 is 2.62 bits per heavy atom. The highest BCUT2D eigenvalue weighted by molar-refractivity contribution is 5.97. The first-order chi connectivity index (χ1) is 12.3. The third-order valence-corrected chi connectivity index (χ3v) is 4.71.